The van der Waals surface area contributed by atoms with Gasteiger partial charge in [-0.15, -0.1) is 0 Å². The number of aromatic nitrogens is 1. The molecule has 0 bridgehead atoms. The van der Waals surface area contributed by atoms with E-state index in [1.807, 2.05) is 36.4 Å². The molecule has 7 heteroatoms. The third-order valence-electron chi connectivity index (χ3n) is 5.63. The zero-order valence-electron chi connectivity index (χ0n) is 16.2. The number of nitrogens with zero attached hydrogens (tertiary/aromatic N) is 1. The summed E-state index contributed by atoms with van der Waals surface area (Å²) in [5, 5.41) is 3.92. The van der Waals surface area contributed by atoms with Gasteiger partial charge < -0.3 is 24.7 Å². The van der Waals surface area contributed by atoms with Crippen LogP contribution >= 0.6 is 0 Å². The zero-order valence-corrected chi connectivity index (χ0v) is 16.2. The highest BCUT2D eigenvalue weighted by Gasteiger charge is 2.51. The molecule has 2 N–H and O–H groups in total. The van der Waals surface area contributed by atoms with Gasteiger partial charge >= 0.3 is 0 Å². The Bertz CT molecular complexity index is 1150. The van der Waals surface area contributed by atoms with Gasteiger partial charge in [-0.2, -0.15) is 0 Å². The third-order valence-corrected chi connectivity index (χ3v) is 5.63. The highest BCUT2D eigenvalue weighted by atomic mass is 16.7. The number of ether oxygens (including phenoxy) is 2. The molecular formula is C22H23N3O4. The number of carbonyl (C=O) groups excluding carboxylic acids is 2. The Morgan fingerprint density at radius 3 is 2.62 bits per heavy atom. The molecule has 0 saturated heterocycles. The van der Waals surface area contributed by atoms with Crippen molar-refractivity contribution in [3.05, 3.63) is 53.7 Å². The van der Waals surface area contributed by atoms with Crippen LogP contribution in [0.3, 0.4) is 0 Å². The smallest absolute Gasteiger partial charge is 0.269 e. The third kappa shape index (κ3) is 2.90. The molecule has 150 valence electrons. The van der Waals surface area contributed by atoms with Crippen LogP contribution in [0.1, 0.15) is 30.3 Å². The second-order valence-corrected chi connectivity index (χ2v) is 7.79. The summed E-state index contributed by atoms with van der Waals surface area (Å²) in [5.74, 6) is 1.28. The predicted octanol–water partition coefficient (Wildman–Crippen LogP) is 3.51. The molecule has 2 amide bonds. The Hall–Kier alpha value is -3.48. The number of hydrogen-bond acceptors (Lipinski definition) is 4. The van der Waals surface area contributed by atoms with Gasteiger partial charge in [0.25, 0.3) is 5.91 Å². The van der Waals surface area contributed by atoms with Crippen LogP contribution < -0.4 is 14.8 Å². The first-order chi connectivity index (χ1) is 14.0. The molecule has 0 spiro atoms. The van der Waals surface area contributed by atoms with Crippen LogP contribution in [0, 0.1) is 0 Å². The molecule has 1 fully saturated rings. The summed E-state index contributed by atoms with van der Waals surface area (Å²) >= 11 is 0. The Morgan fingerprint density at radius 1 is 1.07 bits per heavy atom. The van der Waals surface area contributed by atoms with Crippen molar-refractivity contribution in [2.24, 2.45) is 0 Å². The largest absolute Gasteiger partial charge is 0.454 e. The summed E-state index contributed by atoms with van der Waals surface area (Å²) in [5.41, 5.74) is 2.50. The van der Waals surface area contributed by atoms with E-state index in [2.05, 4.69) is 10.3 Å². The van der Waals surface area contributed by atoms with Gasteiger partial charge in [0, 0.05) is 32.1 Å². The van der Waals surface area contributed by atoms with Crippen LogP contribution in [0.4, 0.5) is 5.69 Å². The molecular weight excluding hydrogens is 370 g/mol. The van der Waals surface area contributed by atoms with Crippen molar-refractivity contribution in [2.75, 3.05) is 26.2 Å². The molecule has 1 saturated carbocycles. The number of carbonyl (C=O) groups is 2. The summed E-state index contributed by atoms with van der Waals surface area (Å²) in [6, 6.07) is 13.1. The van der Waals surface area contributed by atoms with Gasteiger partial charge in [0.2, 0.25) is 12.7 Å². The van der Waals surface area contributed by atoms with E-state index >= 15 is 0 Å². The zero-order chi connectivity index (χ0) is 20.2. The molecule has 0 atom stereocenters. The minimum Gasteiger partial charge on any atom is -0.454 e. The molecule has 1 aromatic heterocycles. The maximum Gasteiger partial charge on any atom is 0.269 e. The maximum atomic E-state index is 13.1. The van der Waals surface area contributed by atoms with Crippen molar-refractivity contribution < 1.29 is 20.5 Å². The summed E-state index contributed by atoms with van der Waals surface area (Å²) in [4.78, 5) is 29.9. The second-order valence-electron chi connectivity index (χ2n) is 7.79. The van der Waals surface area contributed by atoms with Gasteiger partial charge in [0.05, 0.1) is 5.41 Å². The number of H-pyrrole nitrogens is 1. The molecule has 0 radical (unpaired) electrons. The lowest BCUT2D eigenvalue weighted by molar-refractivity contribution is -0.118. The summed E-state index contributed by atoms with van der Waals surface area (Å²) in [6.07, 6.45) is 1.60. The van der Waals surface area contributed by atoms with Crippen molar-refractivity contribution in [1.29, 1.82) is 0 Å². The number of amides is 2. The van der Waals surface area contributed by atoms with Gasteiger partial charge in [-0.1, -0.05) is 6.07 Å². The first kappa shape index (κ1) is 17.6. The summed E-state index contributed by atoms with van der Waals surface area (Å²) in [6.45, 7) is 0.215. The molecule has 29 heavy (non-hydrogen) atoms. The fourth-order valence-corrected chi connectivity index (χ4v) is 3.78. The van der Waals surface area contributed by atoms with Crippen molar-refractivity contribution in [3.63, 3.8) is 0 Å². The van der Waals surface area contributed by atoms with Crippen molar-refractivity contribution in [2.45, 2.75) is 18.3 Å². The number of nitrogens with one attached hydrogen (secondary N) is 2. The number of aromatic amines is 1. The average Bonchev–Trinajstić information content (AvgIpc) is 3.20. The van der Waals surface area contributed by atoms with Crippen molar-refractivity contribution in [1.82, 2.24) is 9.88 Å². The highest BCUT2D eigenvalue weighted by Crippen LogP contribution is 2.51. The van der Waals surface area contributed by atoms with Crippen LogP contribution in [0.25, 0.3) is 10.9 Å². The van der Waals surface area contributed by atoms with Crippen molar-refractivity contribution in [3.8, 4) is 11.5 Å². The average molecular weight is 393 g/mol. The SMILES string of the molecule is CN(C)C(=O)c1cc2cc(NC(=O)C3(c4ccc5c(c4)OCO5)CC3)ccc2[nH]1.[HH]. The first-order valence-corrected chi connectivity index (χ1v) is 9.52. The fourth-order valence-electron chi connectivity index (χ4n) is 3.78. The van der Waals surface area contributed by atoms with E-state index in [0.717, 1.165) is 29.3 Å². The lowest BCUT2D eigenvalue weighted by Crippen LogP contribution is -2.27. The summed E-state index contributed by atoms with van der Waals surface area (Å²) in [7, 11) is 3.43. The Labute approximate surface area is 169 Å². The van der Waals surface area contributed by atoms with Crippen molar-refractivity contribution >= 4 is 28.4 Å². The van der Waals surface area contributed by atoms with Crippen LogP contribution in [0.2, 0.25) is 0 Å². The lowest BCUT2D eigenvalue weighted by Gasteiger charge is -2.16. The normalized spacial score (nSPS) is 15.9. The van der Waals surface area contributed by atoms with Crippen LogP contribution in [0.15, 0.2) is 42.5 Å². The van der Waals surface area contributed by atoms with E-state index in [1.54, 1.807) is 20.2 Å². The van der Waals surface area contributed by atoms with E-state index < -0.39 is 5.41 Å². The van der Waals surface area contributed by atoms with Crippen LogP contribution in [-0.4, -0.2) is 42.6 Å². The molecule has 2 aliphatic rings. The first-order valence-electron chi connectivity index (χ1n) is 9.52. The van der Waals surface area contributed by atoms with Gasteiger partial charge in [0.15, 0.2) is 11.5 Å². The number of benzene rings is 2. The molecule has 1 aliphatic heterocycles. The molecule has 0 unspecified atom stereocenters. The van der Waals surface area contributed by atoms with E-state index in [0.29, 0.717) is 22.9 Å². The Balaban J connectivity index is 0.00000218. The predicted molar refractivity (Wildman–Crippen MR) is 111 cm³/mol. The molecule has 7 nitrogen and oxygen atoms in total. The minimum absolute atomic E-state index is 0. The van der Waals surface area contributed by atoms with Crippen LogP contribution in [0.5, 0.6) is 11.5 Å². The molecule has 5 rings (SSSR count). The van der Waals surface area contributed by atoms with Crippen LogP contribution in [-0.2, 0) is 10.2 Å². The summed E-state index contributed by atoms with van der Waals surface area (Å²) < 4.78 is 10.8. The van der Waals surface area contributed by atoms with Gasteiger partial charge in [-0.25, -0.2) is 0 Å². The highest BCUT2D eigenvalue weighted by molar-refractivity contribution is 6.03. The molecule has 2 heterocycles. The standard InChI is InChI=1S/C22H21N3O4.H2/c1-25(2)20(26)17-10-13-9-15(4-5-16(13)24-17)23-21(27)22(7-8-22)14-3-6-18-19(11-14)29-12-28-18;/h3-6,9-11,24H,7-8,12H2,1-2H3,(H,23,27);1H. The topological polar surface area (TPSA) is 83.7 Å². The number of fused-ring (bicyclic) bond motifs is 2. The van der Waals surface area contributed by atoms with E-state index in [4.69, 9.17) is 9.47 Å². The quantitative estimate of drug-likeness (QED) is 0.710. The van der Waals surface area contributed by atoms with E-state index in [1.165, 1.54) is 4.90 Å². The maximum absolute atomic E-state index is 13.1. The van der Waals surface area contributed by atoms with Gasteiger partial charge in [0.1, 0.15) is 5.69 Å². The Kier molecular flexibility index (Phi) is 3.81. The lowest BCUT2D eigenvalue weighted by atomic mass is 9.94. The molecule has 3 aromatic rings. The minimum atomic E-state index is -0.528. The number of anilines is 1. The second kappa shape index (κ2) is 6.27. The Morgan fingerprint density at radius 2 is 1.86 bits per heavy atom. The van der Waals surface area contributed by atoms with E-state index in [-0.39, 0.29) is 20.0 Å². The van der Waals surface area contributed by atoms with E-state index in [9.17, 15) is 9.59 Å². The fraction of sp³-hybridized carbons (Fsp3) is 0.273. The van der Waals surface area contributed by atoms with Gasteiger partial charge in [-0.3, -0.25) is 9.59 Å². The molecule has 1 aliphatic carbocycles. The molecule has 2 aromatic carbocycles. The monoisotopic (exact) mass is 393 g/mol. The van der Waals surface area contributed by atoms with Gasteiger partial charge in [-0.05, 0) is 54.8 Å². The number of rotatable bonds is 4. The number of hydrogen-bond donors (Lipinski definition) is 2.